The Hall–Kier alpha value is -4.32. The summed E-state index contributed by atoms with van der Waals surface area (Å²) in [5.74, 6) is -1.73. The summed E-state index contributed by atoms with van der Waals surface area (Å²) in [5, 5.41) is 25.5. The highest BCUT2D eigenvalue weighted by Gasteiger charge is 2.57. The van der Waals surface area contributed by atoms with Crippen LogP contribution in [0, 0.1) is 23.6 Å². The number of aliphatic hydroxyl groups excluding tert-OH is 1. The van der Waals surface area contributed by atoms with Gasteiger partial charge in [0.2, 0.25) is 0 Å². The second-order valence-electron chi connectivity index (χ2n) is 12.2. The van der Waals surface area contributed by atoms with Crippen molar-refractivity contribution in [3.05, 3.63) is 93.8 Å². The predicted molar refractivity (Wildman–Crippen MR) is 173 cm³/mol. The van der Waals surface area contributed by atoms with Crippen LogP contribution in [-0.4, -0.2) is 60.1 Å². The zero-order valence-electron chi connectivity index (χ0n) is 25.1. The molecule has 252 valence electrons. The summed E-state index contributed by atoms with van der Waals surface area (Å²) < 4.78 is 73.2. The number of hydrogen-bond donors (Lipinski definition) is 4. The summed E-state index contributed by atoms with van der Waals surface area (Å²) in [5.41, 5.74) is 0.859. The highest BCUT2D eigenvalue weighted by atomic mass is 32.2. The fourth-order valence-corrected chi connectivity index (χ4v) is 11.0. The van der Waals surface area contributed by atoms with Gasteiger partial charge in [-0.1, -0.05) is 42.5 Å². The molecule has 2 saturated carbocycles. The van der Waals surface area contributed by atoms with Gasteiger partial charge in [-0.3, -0.25) is 4.79 Å². The van der Waals surface area contributed by atoms with Gasteiger partial charge in [0, 0.05) is 30.6 Å². The number of carbonyl (C=O) groups excluding carboxylic acids is 1. The van der Waals surface area contributed by atoms with Crippen molar-refractivity contribution in [2.75, 3.05) is 5.32 Å². The summed E-state index contributed by atoms with van der Waals surface area (Å²) >= 11 is 0.928. The van der Waals surface area contributed by atoms with Crippen molar-refractivity contribution in [1.29, 1.82) is 0 Å². The fourth-order valence-electron chi connectivity index (χ4n) is 7.37. The molecular weight excluding hydrogens is 686 g/mol. The van der Waals surface area contributed by atoms with Gasteiger partial charge >= 0.3 is 16.3 Å². The molecule has 2 aliphatic carbocycles. The number of nitrogens with one attached hydrogen (secondary N) is 2. The lowest BCUT2D eigenvalue weighted by Gasteiger charge is -2.44. The van der Waals surface area contributed by atoms with Crippen LogP contribution in [0.2, 0.25) is 0 Å². The third-order valence-corrected chi connectivity index (χ3v) is 13.3. The van der Waals surface area contributed by atoms with Gasteiger partial charge in [0.15, 0.2) is 5.84 Å². The zero-order chi connectivity index (χ0) is 34.0. The molecule has 4 N–H and O–H groups in total. The number of hydrogen-bond acceptors (Lipinski definition) is 9. The average Bonchev–Trinajstić information content (AvgIpc) is 3.78. The number of halogens is 1. The van der Waals surface area contributed by atoms with Crippen molar-refractivity contribution < 1.29 is 41.0 Å². The van der Waals surface area contributed by atoms with E-state index in [1.165, 1.54) is 17.5 Å². The number of amides is 2. The smallest absolute Gasteiger partial charge is 0.422 e. The lowest BCUT2D eigenvalue weighted by molar-refractivity contribution is -0.134. The van der Waals surface area contributed by atoms with Crippen LogP contribution in [0.25, 0.3) is 0 Å². The average molecular weight is 716 g/mol. The van der Waals surface area contributed by atoms with Crippen LogP contribution in [0.1, 0.15) is 36.0 Å². The quantitative estimate of drug-likeness (QED) is 0.252. The number of thiophene rings is 1. The molecule has 0 radical (unpaired) electrons. The normalized spacial score (nSPS) is 24.1. The van der Waals surface area contributed by atoms with Crippen LogP contribution in [0.15, 0.2) is 80.6 Å². The van der Waals surface area contributed by atoms with E-state index in [1.807, 2.05) is 0 Å². The zero-order valence-corrected chi connectivity index (χ0v) is 27.6. The first-order valence-electron chi connectivity index (χ1n) is 15.1. The molecule has 4 atom stereocenters. The van der Waals surface area contributed by atoms with Crippen LogP contribution in [0.5, 0.6) is 0 Å². The van der Waals surface area contributed by atoms with Gasteiger partial charge < -0.3 is 20.4 Å². The van der Waals surface area contributed by atoms with Gasteiger partial charge in [-0.25, -0.2) is 9.18 Å². The van der Waals surface area contributed by atoms with Gasteiger partial charge in [-0.05, 0) is 59.7 Å². The predicted octanol–water partition coefficient (Wildman–Crippen LogP) is 4.18. The van der Waals surface area contributed by atoms with Crippen molar-refractivity contribution in [2.45, 2.75) is 49.8 Å². The summed E-state index contributed by atoms with van der Waals surface area (Å²) in [7, 11) is -9.15. The second-order valence-corrected chi connectivity index (χ2v) is 16.3. The largest absolute Gasteiger partial charge is 0.511 e. The molecule has 3 aromatic rings. The molecule has 0 unspecified atom stereocenters. The molecule has 2 amide bonds. The molecule has 17 heteroatoms. The van der Waals surface area contributed by atoms with Crippen LogP contribution >= 0.6 is 11.3 Å². The standard InChI is InChI=1S/C31H30FN5O8S3/c32-22-10-6-18(7-11-22)14-36-25-20-9-8-19(12-20)23(25)26(38)24(30(36)39)28-34-29-27(47(42,43)35-28)21(16-46-29)13-33-48(44,45)37(31(40)41)15-17-4-2-1-3-5-17/h1-7,10-11,16,19-20,23,25,33,38H,8-9,12-15H2,(H,34,35)(H,40,41)/t19-,20+,23+,25-/m0/s1. The number of fused-ring (bicyclic) bond motifs is 6. The molecule has 2 fully saturated rings. The molecule has 1 aromatic heterocycles. The SMILES string of the molecule is O=C1C(C2=NS(=O)(=O)c3c(CNS(=O)(=O)N(Cc4ccccc4)C(=O)O)csc3N2)=C(O)[C@@H]2[C@H]3CC[C@H](C3)[C@@H]2N1Cc1ccc(F)cc1. The fraction of sp³-hybridized carbons (Fsp3) is 0.323. The number of carboxylic acid groups (broad SMARTS) is 1. The van der Waals surface area contributed by atoms with Gasteiger partial charge in [0.05, 0.1) is 6.54 Å². The number of carbonyl (C=O) groups is 2. The molecule has 7 rings (SSSR count). The number of benzene rings is 2. The highest BCUT2D eigenvalue weighted by Crippen LogP contribution is 2.55. The van der Waals surface area contributed by atoms with Crippen LogP contribution in [0.3, 0.4) is 0 Å². The first-order valence-corrected chi connectivity index (χ1v) is 18.9. The van der Waals surface area contributed by atoms with E-state index in [0.29, 0.717) is 11.1 Å². The topological polar surface area (TPSA) is 186 Å². The molecule has 4 aliphatic rings. The van der Waals surface area contributed by atoms with Crippen molar-refractivity contribution in [2.24, 2.45) is 22.2 Å². The minimum Gasteiger partial charge on any atom is -0.511 e. The number of anilines is 1. The third kappa shape index (κ3) is 5.63. The summed E-state index contributed by atoms with van der Waals surface area (Å²) in [4.78, 5) is 27.3. The van der Waals surface area contributed by atoms with E-state index in [1.54, 1.807) is 47.4 Å². The number of nitrogens with zero attached hydrogens (tertiary/aromatic N) is 3. The summed E-state index contributed by atoms with van der Waals surface area (Å²) in [6.45, 7) is -0.898. The maximum atomic E-state index is 14.1. The van der Waals surface area contributed by atoms with Gasteiger partial charge in [0.25, 0.3) is 15.9 Å². The minimum absolute atomic E-state index is 0.0122. The van der Waals surface area contributed by atoms with E-state index in [2.05, 4.69) is 14.4 Å². The molecule has 3 heterocycles. The van der Waals surface area contributed by atoms with E-state index in [9.17, 15) is 41.0 Å². The maximum absolute atomic E-state index is 14.1. The Morgan fingerprint density at radius 3 is 2.52 bits per heavy atom. The molecule has 2 aromatic carbocycles. The lowest BCUT2D eigenvalue weighted by Crippen LogP contribution is -2.53. The van der Waals surface area contributed by atoms with E-state index < -0.39 is 57.1 Å². The van der Waals surface area contributed by atoms with Crippen molar-refractivity contribution in [3.63, 3.8) is 0 Å². The number of aliphatic hydroxyl groups is 1. The summed E-state index contributed by atoms with van der Waals surface area (Å²) in [6.07, 6.45) is 0.853. The van der Waals surface area contributed by atoms with Gasteiger partial charge in [-0.2, -0.15) is 25.9 Å². The Morgan fingerprint density at radius 1 is 1.10 bits per heavy atom. The molecule has 48 heavy (non-hydrogen) atoms. The monoisotopic (exact) mass is 715 g/mol. The van der Waals surface area contributed by atoms with Crippen LogP contribution in [0.4, 0.5) is 14.2 Å². The minimum atomic E-state index is -4.62. The Balaban J connectivity index is 1.16. The Kier molecular flexibility index (Phi) is 8.04. The highest BCUT2D eigenvalue weighted by molar-refractivity contribution is 7.91. The van der Waals surface area contributed by atoms with E-state index in [0.717, 1.165) is 30.6 Å². The van der Waals surface area contributed by atoms with E-state index in [4.69, 9.17) is 0 Å². The Labute approximate surface area is 279 Å². The molecule has 0 saturated heterocycles. The maximum Gasteiger partial charge on any atom is 0.422 e. The first-order chi connectivity index (χ1) is 22.8. The second kappa shape index (κ2) is 12.0. The Morgan fingerprint density at radius 2 is 1.81 bits per heavy atom. The van der Waals surface area contributed by atoms with Crippen LogP contribution in [-0.2, 0) is 44.7 Å². The Bertz CT molecular complexity index is 2080. The van der Waals surface area contributed by atoms with Crippen molar-refractivity contribution in [3.8, 4) is 0 Å². The number of sulfonamides is 1. The third-order valence-electron chi connectivity index (χ3n) is 9.42. The van der Waals surface area contributed by atoms with Crippen LogP contribution < -0.4 is 10.0 Å². The molecule has 0 spiro atoms. The van der Waals surface area contributed by atoms with Gasteiger partial charge in [-0.15, -0.1) is 15.7 Å². The first kappa shape index (κ1) is 32.2. The molecule has 13 nitrogen and oxygen atoms in total. The van der Waals surface area contributed by atoms with E-state index in [-0.39, 0.29) is 61.4 Å². The molecule has 2 aliphatic heterocycles. The van der Waals surface area contributed by atoms with Gasteiger partial charge in [0.1, 0.15) is 27.0 Å². The van der Waals surface area contributed by atoms with E-state index >= 15 is 0 Å². The van der Waals surface area contributed by atoms with Crippen molar-refractivity contribution in [1.82, 2.24) is 13.9 Å². The number of rotatable bonds is 9. The summed E-state index contributed by atoms with van der Waals surface area (Å²) in [6, 6.07) is 13.6. The number of amidine groups is 1. The lowest BCUT2D eigenvalue weighted by atomic mass is 9.77. The van der Waals surface area contributed by atoms with Crippen molar-refractivity contribution >= 4 is 54.4 Å². The molecule has 2 bridgehead atoms. The molecular formula is C31H30FN5O8S3.